The number of carbonyl (C=O) groups is 4. The Bertz CT molecular complexity index is 2680. The Hall–Kier alpha value is -6.34. The highest BCUT2D eigenvalue weighted by molar-refractivity contribution is 7.10. The number of hydrogen-bond donors (Lipinski definition) is 8. The van der Waals surface area contributed by atoms with Crippen LogP contribution in [0.5, 0.6) is 0 Å². The van der Waals surface area contributed by atoms with Gasteiger partial charge in [-0.15, -0.1) is 11.3 Å². The molecule has 0 bridgehead atoms. The average Bonchev–Trinajstić information content (AvgIpc) is 4.15. The Morgan fingerprint density at radius 1 is 0.791 bits per heavy atom. The number of imidazole rings is 1. The van der Waals surface area contributed by atoms with Crippen LogP contribution >= 0.6 is 11.3 Å². The number of allylic oxidation sites excluding steroid dienone is 2. The van der Waals surface area contributed by atoms with Crippen molar-refractivity contribution in [3.63, 3.8) is 0 Å². The summed E-state index contributed by atoms with van der Waals surface area (Å²) in [4.78, 5) is 59.8. The molecule has 3 aromatic carbocycles. The van der Waals surface area contributed by atoms with Crippen molar-refractivity contribution in [1.82, 2.24) is 35.3 Å². The first-order chi connectivity index (χ1) is 32.1. The lowest BCUT2D eigenvalue weighted by molar-refractivity contribution is -0.153. The lowest BCUT2D eigenvalue weighted by Gasteiger charge is -2.22. The minimum Gasteiger partial charge on any atom is -0.380 e. The van der Waals surface area contributed by atoms with Crippen LogP contribution < -0.4 is 21.4 Å². The summed E-state index contributed by atoms with van der Waals surface area (Å²) in [5.74, 6) is -2.25. The lowest BCUT2D eigenvalue weighted by Crippen LogP contribution is -2.49. The topological polar surface area (TPSA) is 235 Å². The molecular weight excluding hydrogens is 873 g/mol. The van der Waals surface area contributed by atoms with Crippen molar-refractivity contribution in [2.45, 2.75) is 110 Å². The SMILES string of the molecule is C/C=C(\C=C(/C)Cn1c(C)nc2cc(C(=[NH2+])CC(C)NCc3csc(CNC(=O)[C@H](O)[C@@H](O)C(=O)N4Cc5ccccc5C4)c3)ccc21)CNC(=O)[C@H](O)[C@@H](O)C(=O)N1Cc2ccccc2C1. The van der Waals surface area contributed by atoms with Crippen molar-refractivity contribution in [1.29, 1.82) is 0 Å². The summed E-state index contributed by atoms with van der Waals surface area (Å²) in [6.45, 7) is 10.4. The Morgan fingerprint density at radius 2 is 1.34 bits per heavy atom. The Balaban J connectivity index is 0.840. The first-order valence-corrected chi connectivity index (χ1v) is 23.2. The fraction of sp³-hybridized carbons (Fsp3) is 0.360. The van der Waals surface area contributed by atoms with Crippen LogP contribution in [0.25, 0.3) is 11.0 Å². The zero-order valence-electron chi connectivity index (χ0n) is 38.1. The summed E-state index contributed by atoms with van der Waals surface area (Å²) >= 11 is 1.45. The third-order valence-electron chi connectivity index (χ3n) is 12.3. The maximum atomic E-state index is 12.9. The molecule has 0 fully saturated rings. The molecule has 17 heteroatoms. The molecule has 0 saturated carbocycles. The molecule has 1 unspecified atom stereocenters. The van der Waals surface area contributed by atoms with Gasteiger partial charge < -0.3 is 50.7 Å². The molecular formula is C50H59N8O8S+. The summed E-state index contributed by atoms with van der Waals surface area (Å²) in [5.41, 5.74) is 9.96. The normalized spacial score (nSPS) is 16.0. The second-order valence-corrected chi connectivity index (χ2v) is 18.4. The molecule has 2 aromatic heterocycles. The summed E-state index contributed by atoms with van der Waals surface area (Å²) in [5, 5.41) is 59.5. The van der Waals surface area contributed by atoms with Crippen molar-refractivity contribution in [3.05, 3.63) is 146 Å². The van der Waals surface area contributed by atoms with E-state index >= 15 is 0 Å². The highest BCUT2D eigenvalue weighted by atomic mass is 32.1. The van der Waals surface area contributed by atoms with Gasteiger partial charge in [0.25, 0.3) is 23.6 Å². The predicted molar refractivity (Wildman–Crippen MR) is 254 cm³/mol. The van der Waals surface area contributed by atoms with Crippen molar-refractivity contribution < 1.29 is 45.0 Å². The molecule has 2 aliphatic heterocycles. The van der Waals surface area contributed by atoms with Gasteiger partial charge in [0.1, 0.15) is 5.82 Å². The van der Waals surface area contributed by atoms with Crippen LogP contribution in [0.3, 0.4) is 0 Å². The van der Waals surface area contributed by atoms with E-state index < -0.39 is 48.0 Å². The standard InChI is InChI=1S/C50H58N8O8S/c1-5-32(20-53-47(63)43(59)45(61)49(65)56-24-35-10-6-7-11-36(35)25-56)16-29(2)23-58-31(4)55-41-19-34(14-15-42(41)58)40(51)17-30(3)52-21-33-18-39(67-28-33)22-54-48(64)44(60)46(62)50(66)57-26-37-12-8-9-13-38(37)27-57/h5-16,18-19,28,30,43-46,51-52,59-62H,17,20-27H2,1-4H3,(H,53,63)(H,54,64)/p+1/b29-16+,32-5+,51-40?/t30?,43-,44-,45-,46-/m1/s1. The van der Waals surface area contributed by atoms with E-state index in [-0.39, 0.29) is 19.1 Å². The first kappa shape index (κ1) is 48.6. The van der Waals surface area contributed by atoms with Crippen molar-refractivity contribution in [2.24, 2.45) is 0 Å². The zero-order valence-corrected chi connectivity index (χ0v) is 38.9. The molecule has 0 saturated heterocycles. The first-order valence-electron chi connectivity index (χ1n) is 22.3. The van der Waals surface area contributed by atoms with E-state index in [2.05, 4.69) is 20.5 Å². The fourth-order valence-corrected chi connectivity index (χ4v) is 9.23. The number of rotatable bonds is 19. The van der Waals surface area contributed by atoms with E-state index in [9.17, 15) is 39.6 Å². The molecule has 0 aliphatic carbocycles. The number of carbonyl (C=O) groups excluding carboxylic acids is 4. The number of nitrogens with one attached hydrogen (secondary N) is 3. The van der Waals surface area contributed by atoms with Crippen LogP contribution in [0.15, 0.2) is 101 Å². The van der Waals surface area contributed by atoms with Gasteiger partial charge in [-0.2, -0.15) is 0 Å². The molecule has 352 valence electrons. The largest absolute Gasteiger partial charge is 0.380 e. The van der Waals surface area contributed by atoms with Gasteiger partial charge in [-0.05, 0) is 90.7 Å². The van der Waals surface area contributed by atoms with Crippen LogP contribution in [-0.2, 0) is 65.0 Å². The van der Waals surface area contributed by atoms with Gasteiger partial charge >= 0.3 is 0 Å². The lowest BCUT2D eigenvalue weighted by atomic mass is 10.0. The Labute approximate surface area is 393 Å². The van der Waals surface area contributed by atoms with Crippen LogP contribution in [0.1, 0.15) is 71.3 Å². The van der Waals surface area contributed by atoms with E-state index in [1.807, 2.05) is 118 Å². The molecule has 4 heterocycles. The van der Waals surface area contributed by atoms with Gasteiger partial charge in [0.05, 0.1) is 17.6 Å². The van der Waals surface area contributed by atoms with E-state index in [1.165, 1.54) is 21.1 Å². The summed E-state index contributed by atoms with van der Waals surface area (Å²) in [6.07, 6.45) is -3.21. The van der Waals surface area contributed by atoms with Gasteiger partial charge in [0, 0.05) is 68.7 Å². The van der Waals surface area contributed by atoms with Gasteiger partial charge in [-0.25, -0.2) is 4.98 Å². The van der Waals surface area contributed by atoms with Crippen LogP contribution in [0.4, 0.5) is 0 Å². The number of aromatic nitrogens is 2. The number of nitrogens with two attached hydrogens (primary N) is 1. The van der Waals surface area contributed by atoms with E-state index in [1.54, 1.807) is 0 Å². The second kappa shape index (κ2) is 21.5. The summed E-state index contributed by atoms with van der Waals surface area (Å²) in [7, 11) is 0. The minimum atomic E-state index is -1.92. The molecule has 67 heavy (non-hydrogen) atoms. The molecule has 5 aromatic rings. The van der Waals surface area contributed by atoms with Crippen molar-refractivity contribution >= 4 is 51.7 Å². The van der Waals surface area contributed by atoms with Crippen LogP contribution in [0, 0.1) is 6.92 Å². The number of aliphatic hydroxyl groups excluding tert-OH is 4. The van der Waals surface area contributed by atoms with Crippen molar-refractivity contribution in [2.75, 3.05) is 6.54 Å². The smallest absolute Gasteiger partial charge is 0.255 e. The summed E-state index contributed by atoms with van der Waals surface area (Å²) < 4.78 is 2.10. The molecule has 16 nitrogen and oxygen atoms in total. The maximum Gasteiger partial charge on any atom is 0.255 e. The molecule has 2 aliphatic rings. The predicted octanol–water partition coefficient (Wildman–Crippen LogP) is 1.68. The summed E-state index contributed by atoms with van der Waals surface area (Å²) in [6, 6.07) is 23.1. The number of hydrogen-bond acceptors (Lipinski definition) is 11. The number of amides is 4. The highest BCUT2D eigenvalue weighted by Gasteiger charge is 2.37. The number of benzene rings is 3. The number of fused-ring (bicyclic) bond motifs is 3. The van der Waals surface area contributed by atoms with E-state index in [4.69, 9.17) is 10.4 Å². The number of nitrogens with zero attached hydrogens (tertiary/aromatic N) is 4. The van der Waals surface area contributed by atoms with Gasteiger partial charge in [-0.3, -0.25) is 24.6 Å². The zero-order chi connectivity index (χ0) is 47.9. The second-order valence-electron chi connectivity index (χ2n) is 17.4. The quantitative estimate of drug-likeness (QED) is 0.0441. The molecule has 0 radical (unpaired) electrons. The fourth-order valence-electron chi connectivity index (χ4n) is 8.40. The minimum absolute atomic E-state index is 0.0261. The Kier molecular flexibility index (Phi) is 15.6. The molecule has 4 amide bonds. The number of aryl methyl sites for hydroxylation is 1. The van der Waals surface area contributed by atoms with E-state index in [0.717, 1.165) is 66.3 Å². The number of thiophene rings is 1. The van der Waals surface area contributed by atoms with Gasteiger partial charge in [0.15, 0.2) is 30.1 Å². The monoisotopic (exact) mass is 931 g/mol. The van der Waals surface area contributed by atoms with Crippen LogP contribution in [0.2, 0.25) is 0 Å². The van der Waals surface area contributed by atoms with Gasteiger partial charge in [-0.1, -0.05) is 66.3 Å². The average molecular weight is 932 g/mol. The maximum absolute atomic E-state index is 12.9. The third kappa shape index (κ3) is 11.6. The van der Waals surface area contributed by atoms with Gasteiger partial charge in [0.2, 0.25) is 0 Å². The van der Waals surface area contributed by atoms with Crippen molar-refractivity contribution in [3.8, 4) is 0 Å². The van der Waals surface area contributed by atoms with Crippen LogP contribution in [-0.4, -0.2) is 106 Å². The molecule has 7 rings (SSSR count). The molecule has 9 N–H and O–H groups in total. The van der Waals surface area contributed by atoms with E-state index in [0.29, 0.717) is 51.4 Å². The molecule has 5 atom stereocenters. The number of aliphatic hydroxyl groups is 4. The third-order valence-corrected chi connectivity index (χ3v) is 13.2. The Morgan fingerprint density at radius 3 is 1.90 bits per heavy atom. The molecule has 0 spiro atoms. The highest BCUT2D eigenvalue weighted by Crippen LogP contribution is 2.25.